The Bertz CT molecular complexity index is 2460. The Kier molecular flexibility index (Phi) is 14.3. The number of benzene rings is 3. The lowest BCUT2D eigenvalue weighted by atomic mass is 9.85. The molecule has 1 aliphatic rings. The lowest BCUT2D eigenvalue weighted by molar-refractivity contribution is -0.143. The number of amides is 4. The van der Waals surface area contributed by atoms with Crippen molar-refractivity contribution in [2.45, 2.75) is 102 Å². The van der Waals surface area contributed by atoms with Gasteiger partial charge in [0.15, 0.2) is 0 Å². The zero-order chi connectivity index (χ0) is 45.8. The highest BCUT2D eigenvalue weighted by atomic mass is 35.5. The van der Waals surface area contributed by atoms with E-state index in [0.717, 1.165) is 23.8 Å². The van der Waals surface area contributed by atoms with Gasteiger partial charge in [-0.2, -0.15) is 0 Å². The van der Waals surface area contributed by atoms with Gasteiger partial charge in [0, 0.05) is 29.5 Å². The summed E-state index contributed by atoms with van der Waals surface area (Å²) in [6.07, 6.45) is -0.175. The van der Waals surface area contributed by atoms with Crippen LogP contribution in [0.5, 0.6) is 11.5 Å². The summed E-state index contributed by atoms with van der Waals surface area (Å²) in [5, 5.41) is 5.58. The van der Waals surface area contributed by atoms with Gasteiger partial charge in [-0.3, -0.25) is 14.4 Å². The van der Waals surface area contributed by atoms with E-state index in [1.54, 1.807) is 72.9 Å². The molecule has 1 fully saturated rings. The van der Waals surface area contributed by atoms with E-state index >= 15 is 0 Å². The number of carbonyl (C=O) groups is 4. The number of allylic oxidation sites excluding steroid dienone is 1. The third-order valence-corrected chi connectivity index (χ3v) is 11.8. The van der Waals surface area contributed by atoms with E-state index in [9.17, 15) is 32.0 Å². The molecular weight excluding hydrogens is 841 g/mol. The first-order chi connectivity index (χ1) is 28.9. The number of pyridine rings is 1. The van der Waals surface area contributed by atoms with Crippen LogP contribution in [-0.2, 0) is 29.1 Å². The van der Waals surface area contributed by atoms with Crippen LogP contribution in [0.1, 0.15) is 67.7 Å². The number of likely N-dealkylation sites (tertiary alicyclic amines) is 1. The highest BCUT2D eigenvalue weighted by Crippen LogP contribution is 2.36. The number of hydrogen-bond donors (Lipinski definition) is 3. The number of alkyl carbamates (subject to hydrolysis) is 1. The van der Waals surface area contributed by atoms with Gasteiger partial charge >= 0.3 is 6.09 Å². The number of halogens is 2. The van der Waals surface area contributed by atoms with Crippen molar-refractivity contribution in [3.8, 4) is 22.8 Å². The molecule has 332 valence electrons. The lowest BCUT2D eigenvalue weighted by Crippen LogP contribution is -2.62. The van der Waals surface area contributed by atoms with Crippen LogP contribution in [0, 0.1) is 11.2 Å². The van der Waals surface area contributed by atoms with E-state index < -0.39 is 84.3 Å². The molecule has 4 unspecified atom stereocenters. The van der Waals surface area contributed by atoms with E-state index in [-0.39, 0.29) is 25.8 Å². The standard InChI is InChI=1S/C45H53ClFN5O9S/c1-10-11-21-45(8,41(55)51-62(57,58)30-18-20-33(47)32(46)24-30)50-39(53)36-23-29(26-52(36)40(54)38(43(2,3)4)49-42(56)61-44(5,6)7)60-37-25-34(27-15-13-12-14-16-27)48-35-22-28(59-9)17-19-31(35)37/h10,12-20,22,24-25,29,36,38H,1,11,21,23,26H2,2-9H3,(H,49,56)(H,50,53)(H,51,55). The number of rotatable bonds is 14. The van der Waals surface area contributed by atoms with Crippen molar-refractivity contribution in [3.63, 3.8) is 0 Å². The van der Waals surface area contributed by atoms with Gasteiger partial charge in [0.2, 0.25) is 11.8 Å². The maximum absolute atomic E-state index is 14.8. The molecule has 5 rings (SSSR count). The van der Waals surface area contributed by atoms with Gasteiger partial charge in [-0.05, 0) is 76.3 Å². The summed E-state index contributed by atoms with van der Waals surface area (Å²) in [6.45, 7) is 15.2. The maximum Gasteiger partial charge on any atom is 0.408 e. The highest BCUT2D eigenvalue weighted by Gasteiger charge is 2.48. The fourth-order valence-corrected chi connectivity index (χ4v) is 8.22. The van der Waals surface area contributed by atoms with Crippen LogP contribution in [0.4, 0.5) is 9.18 Å². The van der Waals surface area contributed by atoms with E-state index in [4.69, 9.17) is 30.8 Å². The largest absolute Gasteiger partial charge is 0.497 e. The highest BCUT2D eigenvalue weighted by molar-refractivity contribution is 7.90. The smallest absolute Gasteiger partial charge is 0.408 e. The number of nitrogens with one attached hydrogen (secondary N) is 3. The van der Waals surface area contributed by atoms with Gasteiger partial charge < -0.3 is 29.7 Å². The van der Waals surface area contributed by atoms with Gasteiger partial charge in [-0.15, -0.1) is 6.58 Å². The first-order valence-electron chi connectivity index (χ1n) is 19.9. The molecule has 17 heteroatoms. The summed E-state index contributed by atoms with van der Waals surface area (Å²) in [6, 6.07) is 16.7. The zero-order valence-corrected chi connectivity index (χ0v) is 37.6. The van der Waals surface area contributed by atoms with Gasteiger partial charge in [0.05, 0.1) is 34.8 Å². The van der Waals surface area contributed by atoms with E-state index in [1.807, 2.05) is 35.1 Å². The second kappa shape index (κ2) is 18.7. The lowest BCUT2D eigenvalue weighted by Gasteiger charge is -2.36. The number of aromatic nitrogens is 1. The van der Waals surface area contributed by atoms with Crippen LogP contribution in [-0.4, -0.2) is 85.1 Å². The molecule has 0 radical (unpaired) electrons. The second-order valence-corrected chi connectivity index (χ2v) is 19.4. The van der Waals surface area contributed by atoms with Gasteiger partial charge in [0.1, 0.15) is 46.6 Å². The van der Waals surface area contributed by atoms with Crippen LogP contribution >= 0.6 is 11.6 Å². The fraction of sp³-hybridized carbons (Fsp3) is 0.400. The van der Waals surface area contributed by atoms with Crippen LogP contribution < -0.4 is 24.8 Å². The van der Waals surface area contributed by atoms with E-state index in [1.165, 1.54) is 17.9 Å². The molecule has 1 aromatic heterocycles. The Morgan fingerprint density at radius 2 is 1.69 bits per heavy atom. The van der Waals surface area contributed by atoms with Gasteiger partial charge in [-0.1, -0.05) is 68.8 Å². The van der Waals surface area contributed by atoms with Crippen molar-refractivity contribution in [3.05, 3.63) is 96.3 Å². The predicted octanol–water partition coefficient (Wildman–Crippen LogP) is 7.34. The van der Waals surface area contributed by atoms with Crippen molar-refractivity contribution in [1.82, 2.24) is 25.2 Å². The third-order valence-electron chi connectivity index (χ3n) is 10.1. The van der Waals surface area contributed by atoms with Crippen molar-refractivity contribution in [1.29, 1.82) is 0 Å². The molecule has 4 amide bonds. The molecule has 4 atom stereocenters. The van der Waals surface area contributed by atoms with Crippen molar-refractivity contribution >= 4 is 56.3 Å². The second-order valence-electron chi connectivity index (χ2n) is 17.3. The van der Waals surface area contributed by atoms with E-state index in [2.05, 4.69) is 17.2 Å². The number of fused-ring (bicyclic) bond motifs is 1. The third kappa shape index (κ3) is 11.4. The molecule has 0 bridgehead atoms. The summed E-state index contributed by atoms with van der Waals surface area (Å²) in [4.78, 5) is 62.2. The van der Waals surface area contributed by atoms with Gasteiger partial charge in [-0.25, -0.2) is 27.3 Å². The predicted molar refractivity (Wildman–Crippen MR) is 234 cm³/mol. The Labute approximate surface area is 366 Å². The summed E-state index contributed by atoms with van der Waals surface area (Å²) in [5.41, 5.74) is -1.69. The molecule has 14 nitrogen and oxygen atoms in total. The Morgan fingerprint density at radius 1 is 1.00 bits per heavy atom. The monoisotopic (exact) mass is 893 g/mol. The molecule has 0 saturated carbocycles. The maximum atomic E-state index is 14.8. The first kappa shape index (κ1) is 47.3. The van der Waals surface area contributed by atoms with Crippen molar-refractivity contribution < 1.29 is 46.2 Å². The minimum atomic E-state index is -4.61. The Hall–Kier alpha value is -5.74. The summed E-state index contributed by atoms with van der Waals surface area (Å²) in [7, 11) is -3.06. The minimum Gasteiger partial charge on any atom is -0.497 e. The van der Waals surface area contributed by atoms with E-state index in [0.29, 0.717) is 28.1 Å². The molecule has 1 aliphatic heterocycles. The molecule has 62 heavy (non-hydrogen) atoms. The molecule has 4 aromatic rings. The topological polar surface area (TPSA) is 182 Å². The number of sulfonamides is 1. The molecular formula is C45H53ClFN5O9S. The van der Waals surface area contributed by atoms with Crippen molar-refractivity contribution in [2.75, 3.05) is 13.7 Å². The normalized spacial score (nSPS) is 17.0. The minimum absolute atomic E-state index is 0.0763. The van der Waals surface area contributed by atoms with Gasteiger partial charge in [0.25, 0.3) is 15.9 Å². The van der Waals surface area contributed by atoms with Crippen LogP contribution in [0.3, 0.4) is 0 Å². The average Bonchev–Trinajstić information content (AvgIpc) is 3.62. The molecule has 3 aromatic carbocycles. The fourth-order valence-electron chi connectivity index (χ4n) is 6.87. The number of hydrogen-bond acceptors (Lipinski definition) is 10. The summed E-state index contributed by atoms with van der Waals surface area (Å²) in [5.74, 6) is -2.41. The van der Waals surface area contributed by atoms with Crippen LogP contribution in [0.15, 0.2) is 90.3 Å². The number of methoxy groups -OCH3 is 1. The number of nitrogens with zero attached hydrogens (tertiary/aromatic N) is 2. The van der Waals surface area contributed by atoms with Crippen LogP contribution in [0.2, 0.25) is 5.02 Å². The summed E-state index contributed by atoms with van der Waals surface area (Å²) < 4.78 is 60.2. The van der Waals surface area contributed by atoms with Crippen molar-refractivity contribution in [2.24, 2.45) is 5.41 Å². The molecule has 3 N–H and O–H groups in total. The quantitative estimate of drug-likeness (QED) is 0.108. The zero-order valence-electron chi connectivity index (χ0n) is 36.0. The van der Waals surface area contributed by atoms with Crippen LogP contribution in [0.25, 0.3) is 22.2 Å². The number of carbonyl (C=O) groups excluding carboxylic acids is 4. The Morgan fingerprint density at radius 3 is 2.31 bits per heavy atom. The summed E-state index contributed by atoms with van der Waals surface area (Å²) >= 11 is 5.84. The average molecular weight is 894 g/mol. The molecule has 0 aliphatic carbocycles. The molecule has 0 spiro atoms. The SMILES string of the molecule is C=CCCC(C)(NC(=O)C1CC(Oc2cc(-c3ccccc3)nc3cc(OC)ccc23)CN1C(=O)C(NC(=O)OC(C)(C)C)C(C)(C)C)C(=O)NS(=O)(=O)c1ccc(F)c(Cl)c1. The first-order valence-corrected chi connectivity index (χ1v) is 21.8. The molecule has 1 saturated heterocycles. The Balaban J connectivity index is 1.54. The number of ether oxygens (including phenoxy) is 3. The molecule has 2 heterocycles.